The lowest BCUT2D eigenvalue weighted by molar-refractivity contribution is -0.142. The third-order valence-corrected chi connectivity index (χ3v) is 2.49. The summed E-state index contributed by atoms with van der Waals surface area (Å²) < 4.78 is 4.78. The van der Waals surface area contributed by atoms with E-state index >= 15 is 0 Å². The highest BCUT2D eigenvalue weighted by atomic mass is 16.5. The molecule has 1 atom stereocenters. The van der Waals surface area contributed by atoms with Gasteiger partial charge in [-0.2, -0.15) is 0 Å². The van der Waals surface area contributed by atoms with Gasteiger partial charge in [0, 0.05) is 6.54 Å². The number of nitrogens with zero attached hydrogens (tertiary/aromatic N) is 1. The van der Waals surface area contributed by atoms with Crippen molar-refractivity contribution in [3.63, 3.8) is 0 Å². The fraction of sp³-hybridized carbons (Fsp3) is 0.429. The number of hydrogen-bond donors (Lipinski definition) is 2. The van der Waals surface area contributed by atoms with Crippen LogP contribution in [0.2, 0.25) is 0 Å². The standard InChI is InChI=1S/C14H21N3O2/c1-10(2)9-16-14(15)17-12(13(18)19-3)11-7-5-4-6-8-11/h4-8,10,12H,9H2,1-3H3,(H3,15,16,17). The van der Waals surface area contributed by atoms with Crippen molar-refractivity contribution in [2.75, 3.05) is 13.7 Å². The Kier molecular flexibility index (Phi) is 5.85. The van der Waals surface area contributed by atoms with E-state index in [-0.39, 0.29) is 5.96 Å². The topological polar surface area (TPSA) is 76.7 Å². The monoisotopic (exact) mass is 263 g/mol. The molecular weight excluding hydrogens is 242 g/mol. The van der Waals surface area contributed by atoms with Gasteiger partial charge in [-0.1, -0.05) is 44.2 Å². The fourth-order valence-electron chi connectivity index (χ4n) is 1.52. The summed E-state index contributed by atoms with van der Waals surface area (Å²) in [6.07, 6.45) is 0. The van der Waals surface area contributed by atoms with Crippen molar-refractivity contribution in [3.05, 3.63) is 35.9 Å². The second-order valence-corrected chi connectivity index (χ2v) is 4.63. The Hall–Kier alpha value is -2.04. The Labute approximate surface area is 113 Å². The summed E-state index contributed by atoms with van der Waals surface area (Å²) >= 11 is 0. The van der Waals surface area contributed by atoms with E-state index in [1.807, 2.05) is 44.2 Å². The first-order chi connectivity index (χ1) is 9.04. The zero-order chi connectivity index (χ0) is 14.3. The molecule has 0 bridgehead atoms. The van der Waals surface area contributed by atoms with Crippen LogP contribution in [0.5, 0.6) is 0 Å². The molecule has 0 aromatic heterocycles. The van der Waals surface area contributed by atoms with Gasteiger partial charge in [0.15, 0.2) is 12.0 Å². The van der Waals surface area contributed by atoms with Crippen LogP contribution < -0.4 is 11.1 Å². The highest BCUT2D eigenvalue weighted by Crippen LogP contribution is 2.13. The molecule has 0 saturated heterocycles. The maximum atomic E-state index is 11.8. The van der Waals surface area contributed by atoms with E-state index in [9.17, 15) is 4.79 Å². The van der Waals surface area contributed by atoms with E-state index < -0.39 is 12.0 Å². The summed E-state index contributed by atoms with van der Waals surface area (Å²) in [7, 11) is 1.35. The molecule has 1 aromatic rings. The smallest absolute Gasteiger partial charge is 0.333 e. The summed E-state index contributed by atoms with van der Waals surface area (Å²) in [5, 5.41) is 2.89. The van der Waals surface area contributed by atoms with Crippen molar-refractivity contribution in [2.45, 2.75) is 19.9 Å². The van der Waals surface area contributed by atoms with Crippen LogP contribution in [0.25, 0.3) is 0 Å². The van der Waals surface area contributed by atoms with Crippen molar-refractivity contribution in [1.82, 2.24) is 5.32 Å². The van der Waals surface area contributed by atoms with Gasteiger partial charge in [0.1, 0.15) is 0 Å². The number of nitrogens with two attached hydrogens (primary N) is 1. The van der Waals surface area contributed by atoms with Crippen LogP contribution in [-0.4, -0.2) is 25.6 Å². The normalized spacial score (nSPS) is 13.2. The molecule has 19 heavy (non-hydrogen) atoms. The van der Waals surface area contributed by atoms with Crippen LogP contribution in [0.15, 0.2) is 35.3 Å². The Morgan fingerprint density at radius 2 is 2.00 bits per heavy atom. The first-order valence-electron chi connectivity index (χ1n) is 6.23. The minimum atomic E-state index is -0.637. The van der Waals surface area contributed by atoms with Crippen LogP contribution >= 0.6 is 0 Å². The number of carbonyl (C=O) groups is 1. The highest BCUT2D eigenvalue weighted by molar-refractivity contribution is 5.86. The Bertz CT molecular complexity index is 430. The second kappa shape index (κ2) is 7.41. The summed E-state index contributed by atoms with van der Waals surface area (Å²) in [4.78, 5) is 16.0. The minimum Gasteiger partial charge on any atom is -0.467 e. The molecular formula is C14H21N3O2. The number of rotatable bonds is 5. The average Bonchev–Trinajstić information content (AvgIpc) is 2.42. The number of hydrogen-bond acceptors (Lipinski definition) is 3. The highest BCUT2D eigenvalue weighted by Gasteiger charge is 2.21. The third-order valence-electron chi connectivity index (χ3n) is 2.49. The van der Waals surface area contributed by atoms with Gasteiger partial charge in [0.25, 0.3) is 0 Å². The van der Waals surface area contributed by atoms with Crippen LogP contribution in [0.4, 0.5) is 0 Å². The summed E-state index contributed by atoms with van der Waals surface area (Å²) in [5.41, 5.74) is 6.57. The molecule has 0 aliphatic heterocycles. The Morgan fingerprint density at radius 3 is 2.53 bits per heavy atom. The second-order valence-electron chi connectivity index (χ2n) is 4.63. The van der Waals surface area contributed by atoms with Gasteiger partial charge < -0.3 is 15.8 Å². The van der Waals surface area contributed by atoms with Crippen LogP contribution in [0, 0.1) is 5.92 Å². The Morgan fingerprint density at radius 1 is 1.37 bits per heavy atom. The molecule has 0 spiro atoms. The number of esters is 1. The zero-order valence-corrected chi connectivity index (χ0v) is 11.6. The molecule has 5 nitrogen and oxygen atoms in total. The van der Waals surface area contributed by atoms with Gasteiger partial charge in [0.2, 0.25) is 0 Å². The molecule has 0 radical (unpaired) electrons. The van der Waals surface area contributed by atoms with Gasteiger partial charge in [-0.3, -0.25) is 4.99 Å². The molecule has 1 rings (SSSR count). The van der Waals surface area contributed by atoms with E-state index in [0.717, 1.165) is 5.56 Å². The van der Waals surface area contributed by atoms with E-state index in [4.69, 9.17) is 10.5 Å². The molecule has 0 saturated carbocycles. The lowest BCUT2D eigenvalue weighted by Gasteiger charge is -2.17. The minimum absolute atomic E-state index is 0.243. The number of guanidine groups is 1. The van der Waals surface area contributed by atoms with E-state index in [0.29, 0.717) is 12.5 Å². The number of carbonyl (C=O) groups excluding carboxylic acids is 1. The van der Waals surface area contributed by atoms with Crippen molar-refractivity contribution in [2.24, 2.45) is 16.6 Å². The van der Waals surface area contributed by atoms with Gasteiger partial charge in [-0.05, 0) is 11.5 Å². The van der Waals surface area contributed by atoms with E-state index in [1.165, 1.54) is 7.11 Å². The number of methoxy groups -OCH3 is 1. The van der Waals surface area contributed by atoms with Gasteiger partial charge in [-0.15, -0.1) is 0 Å². The summed E-state index contributed by atoms with van der Waals surface area (Å²) in [5.74, 6) is 0.260. The van der Waals surface area contributed by atoms with Crippen molar-refractivity contribution >= 4 is 11.9 Å². The average molecular weight is 263 g/mol. The van der Waals surface area contributed by atoms with Crippen molar-refractivity contribution in [1.29, 1.82) is 0 Å². The molecule has 0 aliphatic rings. The lowest BCUT2D eigenvalue weighted by Crippen LogP contribution is -2.39. The van der Waals surface area contributed by atoms with Crippen molar-refractivity contribution < 1.29 is 9.53 Å². The number of benzene rings is 1. The van der Waals surface area contributed by atoms with E-state index in [2.05, 4.69) is 10.3 Å². The fourth-order valence-corrected chi connectivity index (χ4v) is 1.52. The lowest BCUT2D eigenvalue weighted by atomic mass is 10.1. The zero-order valence-electron chi connectivity index (χ0n) is 11.6. The van der Waals surface area contributed by atoms with Crippen LogP contribution in [0.1, 0.15) is 25.5 Å². The third kappa shape index (κ3) is 4.99. The molecule has 3 N–H and O–H groups in total. The van der Waals surface area contributed by atoms with Gasteiger partial charge in [-0.25, -0.2) is 4.79 Å². The predicted molar refractivity (Wildman–Crippen MR) is 75.7 cm³/mol. The van der Waals surface area contributed by atoms with E-state index in [1.54, 1.807) is 0 Å². The molecule has 0 heterocycles. The van der Waals surface area contributed by atoms with Crippen molar-refractivity contribution in [3.8, 4) is 0 Å². The molecule has 1 aromatic carbocycles. The maximum absolute atomic E-state index is 11.8. The predicted octanol–water partition coefficient (Wildman–Crippen LogP) is 1.46. The molecule has 0 aliphatic carbocycles. The SMILES string of the molecule is COC(=O)C(NC(N)=NCC(C)C)c1ccccc1. The number of ether oxygens (including phenoxy) is 1. The summed E-state index contributed by atoms with van der Waals surface area (Å²) in [6, 6.07) is 8.63. The number of aliphatic imine (C=N–C) groups is 1. The summed E-state index contributed by atoms with van der Waals surface area (Å²) in [6.45, 7) is 4.71. The molecule has 0 fully saturated rings. The largest absolute Gasteiger partial charge is 0.467 e. The van der Waals surface area contributed by atoms with Crippen LogP contribution in [0.3, 0.4) is 0 Å². The number of nitrogens with one attached hydrogen (secondary N) is 1. The van der Waals surface area contributed by atoms with Gasteiger partial charge in [0.05, 0.1) is 7.11 Å². The molecule has 1 unspecified atom stereocenters. The maximum Gasteiger partial charge on any atom is 0.333 e. The molecule has 5 heteroatoms. The Balaban J connectivity index is 2.82. The molecule has 0 amide bonds. The quantitative estimate of drug-likeness (QED) is 0.479. The van der Waals surface area contributed by atoms with Crippen LogP contribution in [-0.2, 0) is 9.53 Å². The first kappa shape index (κ1) is 15.0. The molecule has 104 valence electrons. The first-order valence-corrected chi connectivity index (χ1v) is 6.23. The van der Waals surface area contributed by atoms with Gasteiger partial charge >= 0.3 is 5.97 Å².